The Balaban J connectivity index is 2.24. The van der Waals surface area contributed by atoms with Crippen molar-refractivity contribution in [3.8, 4) is 0 Å². The second-order valence-corrected chi connectivity index (χ2v) is 2.77. The van der Waals surface area contributed by atoms with Crippen LogP contribution in [0.3, 0.4) is 0 Å². The maximum Gasteiger partial charge on any atom is 0.0903 e. The van der Waals surface area contributed by atoms with E-state index in [2.05, 4.69) is 6.08 Å². The Morgan fingerprint density at radius 3 is 3.27 bits per heavy atom. The van der Waals surface area contributed by atoms with E-state index < -0.39 is 0 Å². The summed E-state index contributed by atoms with van der Waals surface area (Å²) in [6.07, 6.45) is 6.65. The molecular formula is C9H10FN. The van der Waals surface area contributed by atoms with Crippen molar-refractivity contribution in [2.45, 2.75) is 12.3 Å². The SMILES string of the molecule is FCCC1C=Cn2cccc21. The lowest BCUT2D eigenvalue weighted by molar-refractivity contribution is 0.458. The third-order valence-corrected chi connectivity index (χ3v) is 2.09. The average Bonchev–Trinajstić information content (AvgIpc) is 2.53. The highest BCUT2D eigenvalue weighted by atomic mass is 19.1. The molecule has 1 unspecified atom stereocenters. The van der Waals surface area contributed by atoms with Gasteiger partial charge in [-0.2, -0.15) is 0 Å². The first-order valence-corrected chi connectivity index (χ1v) is 3.83. The molecule has 1 aromatic rings. The summed E-state index contributed by atoms with van der Waals surface area (Å²) in [6, 6.07) is 4.03. The molecule has 0 saturated heterocycles. The molecule has 0 aliphatic carbocycles. The smallest absolute Gasteiger partial charge is 0.0903 e. The molecule has 1 aliphatic heterocycles. The fourth-order valence-electron chi connectivity index (χ4n) is 1.51. The Hall–Kier alpha value is -1.05. The standard InChI is InChI=1S/C9H10FN/c10-5-3-8-4-7-11-6-1-2-9(8)11/h1-2,4,6-8H,3,5H2. The van der Waals surface area contributed by atoms with Gasteiger partial charge in [-0.3, -0.25) is 4.39 Å². The van der Waals surface area contributed by atoms with Gasteiger partial charge in [0.1, 0.15) is 0 Å². The number of hydrogen-bond donors (Lipinski definition) is 0. The van der Waals surface area contributed by atoms with Crippen LogP contribution in [0.25, 0.3) is 6.20 Å². The molecule has 11 heavy (non-hydrogen) atoms. The van der Waals surface area contributed by atoms with E-state index in [1.54, 1.807) is 0 Å². The molecule has 2 heterocycles. The molecular weight excluding hydrogens is 141 g/mol. The van der Waals surface area contributed by atoms with Gasteiger partial charge in [-0.1, -0.05) is 6.08 Å². The monoisotopic (exact) mass is 151 g/mol. The van der Waals surface area contributed by atoms with Crippen LogP contribution >= 0.6 is 0 Å². The zero-order chi connectivity index (χ0) is 7.68. The lowest BCUT2D eigenvalue weighted by Crippen LogP contribution is -1.94. The summed E-state index contributed by atoms with van der Waals surface area (Å²) in [6.45, 7) is -0.236. The van der Waals surface area contributed by atoms with Crippen LogP contribution in [0.4, 0.5) is 4.39 Å². The van der Waals surface area contributed by atoms with Crippen molar-refractivity contribution in [1.82, 2.24) is 4.57 Å². The maximum absolute atomic E-state index is 12.0. The van der Waals surface area contributed by atoms with Gasteiger partial charge in [-0.15, -0.1) is 0 Å². The van der Waals surface area contributed by atoms with Gasteiger partial charge in [0.25, 0.3) is 0 Å². The number of nitrogens with zero attached hydrogens (tertiary/aromatic N) is 1. The molecule has 0 fully saturated rings. The highest BCUT2D eigenvalue weighted by Crippen LogP contribution is 2.27. The Kier molecular flexibility index (Phi) is 1.53. The van der Waals surface area contributed by atoms with Gasteiger partial charge in [0.05, 0.1) is 6.67 Å². The summed E-state index contributed by atoms with van der Waals surface area (Å²) in [5.41, 5.74) is 1.21. The van der Waals surface area contributed by atoms with E-state index >= 15 is 0 Å². The highest BCUT2D eigenvalue weighted by molar-refractivity contribution is 5.40. The number of rotatable bonds is 2. The van der Waals surface area contributed by atoms with E-state index in [1.165, 1.54) is 5.69 Å². The van der Waals surface area contributed by atoms with Crippen LogP contribution in [0.5, 0.6) is 0 Å². The van der Waals surface area contributed by atoms with Gasteiger partial charge in [0.2, 0.25) is 0 Å². The minimum Gasteiger partial charge on any atom is -0.327 e. The van der Waals surface area contributed by atoms with Gasteiger partial charge < -0.3 is 4.57 Å². The first kappa shape index (κ1) is 6.65. The summed E-state index contributed by atoms with van der Waals surface area (Å²) in [4.78, 5) is 0. The van der Waals surface area contributed by atoms with Gasteiger partial charge in [0, 0.05) is 24.0 Å². The predicted octanol–water partition coefficient (Wildman–Crippen LogP) is 2.42. The summed E-state index contributed by atoms with van der Waals surface area (Å²) < 4.78 is 14.0. The van der Waals surface area contributed by atoms with Crippen molar-refractivity contribution in [1.29, 1.82) is 0 Å². The minimum absolute atomic E-state index is 0.236. The molecule has 0 saturated carbocycles. The van der Waals surface area contributed by atoms with Crippen LogP contribution in [-0.2, 0) is 0 Å². The van der Waals surface area contributed by atoms with E-state index in [4.69, 9.17) is 0 Å². The fraction of sp³-hybridized carbons (Fsp3) is 0.333. The van der Waals surface area contributed by atoms with E-state index in [0.717, 1.165) is 0 Å². The van der Waals surface area contributed by atoms with E-state index in [0.29, 0.717) is 12.3 Å². The number of hydrogen-bond acceptors (Lipinski definition) is 0. The second-order valence-electron chi connectivity index (χ2n) is 2.77. The average molecular weight is 151 g/mol. The lowest BCUT2D eigenvalue weighted by Gasteiger charge is -2.03. The molecule has 2 rings (SSSR count). The molecule has 1 aromatic heterocycles. The molecule has 0 spiro atoms. The first-order chi connectivity index (χ1) is 5.42. The molecule has 0 bridgehead atoms. The molecule has 1 aliphatic rings. The van der Waals surface area contributed by atoms with Crippen LogP contribution in [0.2, 0.25) is 0 Å². The largest absolute Gasteiger partial charge is 0.327 e. The molecule has 1 nitrogen and oxygen atoms in total. The molecule has 2 heteroatoms. The topological polar surface area (TPSA) is 4.93 Å². The van der Waals surface area contributed by atoms with Crippen molar-refractivity contribution in [3.05, 3.63) is 30.1 Å². The van der Waals surface area contributed by atoms with Crippen LogP contribution in [-0.4, -0.2) is 11.2 Å². The van der Waals surface area contributed by atoms with E-state index in [9.17, 15) is 4.39 Å². The third kappa shape index (κ3) is 0.985. The minimum atomic E-state index is -0.236. The lowest BCUT2D eigenvalue weighted by atomic mass is 10.0. The van der Waals surface area contributed by atoms with Crippen molar-refractivity contribution in [3.63, 3.8) is 0 Å². The number of halogens is 1. The Morgan fingerprint density at radius 1 is 1.55 bits per heavy atom. The van der Waals surface area contributed by atoms with Crippen molar-refractivity contribution >= 4 is 6.20 Å². The molecule has 0 N–H and O–H groups in total. The fourth-order valence-corrected chi connectivity index (χ4v) is 1.51. The Morgan fingerprint density at radius 2 is 2.45 bits per heavy atom. The third-order valence-electron chi connectivity index (χ3n) is 2.09. The number of fused-ring (bicyclic) bond motifs is 1. The summed E-state index contributed by atoms with van der Waals surface area (Å²) in [7, 11) is 0. The summed E-state index contributed by atoms with van der Waals surface area (Å²) in [5.74, 6) is 0.301. The van der Waals surface area contributed by atoms with Crippen molar-refractivity contribution in [2.75, 3.05) is 6.67 Å². The van der Waals surface area contributed by atoms with Gasteiger partial charge in [-0.05, 0) is 18.6 Å². The van der Waals surface area contributed by atoms with Crippen LogP contribution < -0.4 is 0 Å². The first-order valence-electron chi connectivity index (χ1n) is 3.83. The second kappa shape index (κ2) is 2.53. The molecule has 0 radical (unpaired) electrons. The van der Waals surface area contributed by atoms with Gasteiger partial charge in [-0.25, -0.2) is 0 Å². The number of aromatic nitrogens is 1. The maximum atomic E-state index is 12.0. The Bertz CT molecular complexity index is 275. The van der Waals surface area contributed by atoms with E-state index in [-0.39, 0.29) is 6.67 Å². The molecule has 0 amide bonds. The quantitative estimate of drug-likeness (QED) is 0.611. The van der Waals surface area contributed by atoms with Gasteiger partial charge in [0.15, 0.2) is 0 Å². The van der Waals surface area contributed by atoms with Crippen LogP contribution in [0.1, 0.15) is 18.0 Å². The molecule has 0 aromatic carbocycles. The normalized spacial score (nSPS) is 20.6. The van der Waals surface area contributed by atoms with Gasteiger partial charge >= 0.3 is 0 Å². The van der Waals surface area contributed by atoms with Crippen LogP contribution in [0, 0.1) is 0 Å². The highest BCUT2D eigenvalue weighted by Gasteiger charge is 2.15. The zero-order valence-electron chi connectivity index (χ0n) is 6.20. The zero-order valence-corrected chi connectivity index (χ0v) is 6.20. The number of alkyl halides is 1. The summed E-state index contributed by atoms with van der Waals surface area (Å²) in [5, 5.41) is 0. The predicted molar refractivity (Wildman–Crippen MR) is 43.1 cm³/mol. The Labute approximate surface area is 65.1 Å². The van der Waals surface area contributed by atoms with Crippen molar-refractivity contribution in [2.24, 2.45) is 0 Å². The van der Waals surface area contributed by atoms with Crippen LogP contribution in [0.15, 0.2) is 24.4 Å². The molecule has 1 atom stereocenters. The van der Waals surface area contributed by atoms with E-state index in [1.807, 2.05) is 29.1 Å². The van der Waals surface area contributed by atoms with Crippen molar-refractivity contribution < 1.29 is 4.39 Å². The molecule has 58 valence electrons. The number of allylic oxidation sites excluding steroid dienone is 1. The summed E-state index contributed by atoms with van der Waals surface area (Å²) >= 11 is 0.